The van der Waals surface area contributed by atoms with Gasteiger partial charge in [-0.05, 0) is 88.7 Å². The Morgan fingerprint density at radius 2 is 0.761 bits per heavy atom. The summed E-state index contributed by atoms with van der Waals surface area (Å²) in [5, 5.41) is 0. The third-order valence-corrected chi connectivity index (χ3v) is 10.7. The summed E-state index contributed by atoms with van der Waals surface area (Å²) < 4.78 is 0. The van der Waals surface area contributed by atoms with Gasteiger partial charge in [0.05, 0.1) is 22.3 Å². The van der Waals surface area contributed by atoms with Gasteiger partial charge in [0.1, 0.15) is 0 Å². The highest BCUT2D eigenvalue weighted by atomic mass is 16.2. The van der Waals surface area contributed by atoms with Crippen LogP contribution in [0.4, 0.5) is 0 Å². The Morgan fingerprint density at radius 3 is 1.09 bits per heavy atom. The number of rotatable bonds is 17. The first kappa shape index (κ1) is 32.6. The molecule has 0 unspecified atom stereocenters. The van der Waals surface area contributed by atoms with Crippen LogP contribution in [0.1, 0.15) is 131 Å². The molecule has 0 spiro atoms. The fourth-order valence-corrected chi connectivity index (χ4v) is 8.22. The van der Waals surface area contributed by atoms with E-state index in [1.807, 2.05) is 24.3 Å². The Kier molecular flexibility index (Phi) is 11.0. The van der Waals surface area contributed by atoms with Crippen LogP contribution in [0.2, 0.25) is 0 Å². The van der Waals surface area contributed by atoms with Crippen LogP contribution in [-0.2, 0) is 0 Å². The van der Waals surface area contributed by atoms with E-state index in [4.69, 9.17) is 0 Å². The zero-order chi connectivity index (χ0) is 31.9. The lowest BCUT2D eigenvalue weighted by Crippen LogP contribution is -2.38. The molecule has 46 heavy (non-hydrogen) atoms. The number of benzene rings is 2. The van der Waals surface area contributed by atoms with E-state index < -0.39 is 0 Å². The molecule has 0 bridgehead atoms. The molecule has 2 fully saturated rings. The van der Waals surface area contributed by atoms with Gasteiger partial charge in [-0.2, -0.15) is 0 Å². The van der Waals surface area contributed by atoms with Gasteiger partial charge in [-0.3, -0.25) is 29.0 Å². The van der Waals surface area contributed by atoms with Crippen LogP contribution in [0, 0.1) is 0 Å². The van der Waals surface area contributed by atoms with Crippen molar-refractivity contribution in [1.82, 2.24) is 19.6 Å². The molecule has 6 rings (SSSR count). The van der Waals surface area contributed by atoms with Crippen LogP contribution in [0.5, 0.6) is 0 Å². The van der Waals surface area contributed by atoms with Crippen molar-refractivity contribution in [2.24, 2.45) is 0 Å². The number of imide groups is 2. The summed E-state index contributed by atoms with van der Waals surface area (Å²) >= 11 is 0. The highest BCUT2D eigenvalue weighted by Crippen LogP contribution is 2.28. The van der Waals surface area contributed by atoms with Crippen molar-refractivity contribution >= 4 is 23.6 Å². The van der Waals surface area contributed by atoms with Gasteiger partial charge in [0.15, 0.2) is 0 Å². The molecule has 0 aromatic heterocycles. The molecule has 4 aliphatic rings. The molecule has 0 radical (unpaired) electrons. The molecule has 2 aliphatic heterocycles. The van der Waals surface area contributed by atoms with Gasteiger partial charge in [0.2, 0.25) is 0 Å². The van der Waals surface area contributed by atoms with Crippen molar-refractivity contribution < 1.29 is 19.2 Å². The molecule has 0 N–H and O–H groups in total. The molecule has 0 atom stereocenters. The van der Waals surface area contributed by atoms with Crippen LogP contribution >= 0.6 is 0 Å². The zero-order valence-corrected chi connectivity index (χ0v) is 27.3. The Hall–Kier alpha value is -3.36. The Balaban J connectivity index is 0.915. The van der Waals surface area contributed by atoms with Crippen molar-refractivity contribution in [3.63, 3.8) is 0 Å². The number of carbonyl (C=O) groups is 4. The Morgan fingerprint density at radius 1 is 0.457 bits per heavy atom. The second-order valence-electron chi connectivity index (χ2n) is 13.7. The van der Waals surface area contributed by atoms with E-state index in [-0.39, 0.29) is 23.6 Å². The number of fused-ring (bicyclic) bond motifs is 2. The van der Waals surface area contributed by atoms with Crippen molar-refractivity contribution in [1.29, 1.82) is 0 Å². The fourth-order valence-electron chi connectivity index (χ4n) is 8.22. The fraction of sp³-hybridized carbons (Fsp3) is 0.579. The van der Waals surface area contributed by atoms with Gasteiger partial charge in [-0.1, -0.05) is 62.8 Å². The lowest BCUT2D eigenvalue weighted by atomic mass is 10.1. The predicted molar refractivity (Wildman–Crippen MR) is 179 cm³/mol. The van der Waals surface area contributed by atoms with Crippen LogP contribution in [-0.4, -0.2) is 94.6 Å². The van der Waals surface area contributed by atoms with E-state index in [0.29, 0.717) is 47.4 Å². The normalized spacial score (nSPS) is 18.7. The highest BCUT2D eigenvalue weighted by Gasteiger charge is 2.36. The van der Waals surface area contributed by atoms with Crippen LogP contribution in [0.15, 0.2) is 48.5 Å². The number of unbranched alkanes of at least 4 members (excludes halogenated alkanes) is 3. The van der Waals surface area contributed by atoms with Gasteiger partial charge >= 0.3 is 0 Å². The van der Waals surface area contributed by atoms with Crippen LogP contribution < -0.4 is 0 Å². The first-order valence-corrected chi connectivity index (χ1v) is 17.9. The first-order valence-electron chi connectivity index (χ1n) is 17.9. The molecular formula is C38H50N4O4. The number of hydrogen-bond acceptors (Lipinski definition) is 6. The standard InChI is InChI=1S/C38H50N4O4/c43-35-31-19-7-8-20-32(31)36(44)41(35)27-13-25-39(29-15-3-4-16-29)23-11-1-2-12-24-40(30-17-5-6-18-30)26-14-28-42-37(45)33-21-9-10-22-34(33)38(42)46/h7-10,19-22,29-30H,1-6,11-18,23-28H2. The Bertz CT molecular complexity index is 1220. The Labute approximate surface area is 274 Å². The number of hydrogen-bond donors (Lipinski definition) is 0. The lowest BCUT2D eigenvalue weighted by molar-refractivity contribution is 0.0627. The zero-order valence-electron chi connectivity index (χ0n) is 27.3. The maximum atomic E-state index is 12.8. The molecular weight excluding hydrogens is 576 g/mol. The quantitative estimate of drug-likeness (QED) is 0.149. The molecule has 8 nitrogen and oxygen atoms in total. The molecule has 246 valence electrons. The van der Waals surface area contributed by atoms with E-state index in [2.05, 4.69) is 9.80 Å². The molecule has 2 aromatic carbocycles. The van der Waals surface area contributed by atoms with Crippen LogP contribution in [0.3, 0.4) is 0 Å². The van der Waals surface area contributed by atoms with Crippen LogP contribution in [0.25, 0.3) is 0 Å². The van der Waals surface area contributed by atoms with Gasteiger partial charge in [-0.25, -0.2) is 0 Å². The summed E-state index contributed by atoms with van der Waals surface area (Å²) in [5.41, 5.74) is 2.15. The molecule has 2 heterocycles. The van der Waals surface area contributed by atoms with E-state index >= 15 is 0 Å². The minimum atomic E-state index is -0.150. The largest absolute Gasteiger partial charge is 0.300 e. The summed E-state index contributed by atoms with van der Waals surface area (Å²) in [6, 6.07) is 15.6. The minimum absolute atomic E-state index is 0.150. The first-order chi connectivity index (χ1) is 22.5. The minimum Gasteiger partial charge on any atom is -0.300 e. The van der Waals surface area contributed by atoms with Gasteiger partial charge in [0, 0.05) is 38.3 Å². The summed E-state index contributed by atoms with van der Waals surface area (Å²) in [7, 11) is 0. The molecule has 2 saturated carbocycles. The van der Waals surface area contributed by atoms with Gasteiger partial charge in [0.25, 0.3) is 23.6 Å². The third-order valence-electron chi connectivity index (χ3n) is 10.7. The van der Waals surface area contributed by atoms with E-state index in [0.717, 1.165) is 39.0 Å². The molecule has 4 amide bonds. The van der Waals surface area contributed by atoms with E-state index in [1.165, 1.54) is 86.8 Å². The third kappa shape index (κ3) is 7.28. The number of carbonyl (C=O) groups excluding carboxylic acids is 4. The van der Waals surface area contributed by atoms with Gasteiger partial charge < -0.3 is 9.80 Å². The van der Waals surface area contributed by atoms with Gasteiger partial charge in [-0.15, -0.1) is 0 Å². The lowest BCUT2D eigenvalue weighted by Gasteiger charge is -2.30. The molecule has 2 aliphatic carbocycles. The second kappa shape index (κ2) is 15.5. The maximum absolute atomic E-state index is 12.8. The molecule has 0 saturated heterocycles. The van der Waals surface area contributed by atoms with Crippen molar-refractivity contribution in [2.75, 3.05) is 39.3 Å². The monoisotopic (exact) mass is 626 g/mol. The topological polar surface area (TPSA) is 81.2 Å². The second-order valence-corrected chi connectivity index (χ2v) is 13.7. The maximum Gasteiger partial charge on any atom is 0.261 e. The summed E-state index contributed by atoms with van der Waals surface area (Å²) in [6.07, 6.45) is 16.6. The van der Waals surface area contributed by atoms with Crippen molar-refractivity contribution in [3.05, 3.63) is 70.8 Å². The summed E-state index contributed by atoms with van der Waals surface area (Å²) in [5.74, 6) is -0.599. The SMILES string of the molecule is O=C1c2ccccc2C(=O)N1CCCN(CCCCCCN(CCCN1C(=O)c2ccccc2C1=O)C1CCCC1)C1CCCC1. The van der Waals surface area contributed by atoms with Crippen molar-refractivity contribution in [3.8, 4) is 0 Å². The molecule has 8 heteroatoms. The smallest absolute Gasteiger partial charge is 0.261 e. The highest BCUT2D eigenvalue weighted by molar-refractivity contribution is 6.22. The van der Waals surface area contributed by atoms with E-state index in [1.54, 1.807) is 24.3 Å². The molecule has 2 aromatic rings. The average molecular weight is 627 g/mol. The summed E-state index contributed by atoms with van der Waals surface area (Å²) in [4.78, 5) is 59.3. The van der Waals surface area contributed by atoms with Crippen molar-refractivity contribution in [2.45, 2.75) is 102 Å². The van der Waals surface area contributed by atoms with E-state index in [9.17, 15) is 19.2 Å². The number of amides is 4. The number of nitrogens with zero attached hydrogens (tertiary/aromatic N) is 4. The summed E-state index contributed by atoms with van der Waals surface area (Å²) in [6.45, 7) is 5.00. The predicted octanol–water partition coefficient (Wildman–Crippen LogP) is 6.41. The average Bonchev–Trinajstić information content (AvgIpc) is 3.89.